The Hall–Kier alpha value is -1.08. The van der Waals surface area contributed by atoms with Crippen LogP contribution in [0.15, 0.2) is 28.7 Å². The summed E-state index contributed by atoms with van der Waals surface area (Å²) in [6.45, 7) is -0.982. The van der Waals surface area contributed by atoms with Crippen LogP contribution >= 0.6 is 15.9 Å². The lowest BCUT2D eigenvalue weighted by Crippen LogP contribution is -2.62. The van der Waals surface area contributed by atoms with Crippen molar-refractivity contribution in [3.05, 3.63) is 34.3 Å². The standard InChI is InChI=1S/C11H9BrF3NO2/c12-8-3-1-2-7(4-8)10(11(13,14)15)6-18-5-9(17)16-10/h1-4H,5-6H2,(H,16,17). The summed E-state index contributed by atoms with van der Waals surface area (Å²) >= 11 is 3.11. The molecule has 1 unspecified atom stereocenters. The van der Waals surface area contributed by atoms with Crippen molar-refractivity contribution in [2.24, 2.45) is 0 Å². The highest BCUT2D eigenvalue weighted by molar-refractivity contribution is 9.10. The maximum atomic E-state index is 13.3. The van der Waals surface area contributed by atoms with E-state index in [0.29, 0.717) is 4.47 Å². The predicted molar refractivity (Wildman–Crippen MR) is 60.8 cm³/mol. The quantitative estimate of drug-likeness (QED) is 0.861. The minimum absolute atomic E-state index is 0.0579. The molecule has 7 heteroatoms. The maximum absolute atomic E-state index is 13.3. The average Bonchev–Trinajstić information content (AvgIpc) is 2.27. The monoisotopic (exact) mass is 323 g/mol. The molecule has 0 spiro atoms. The van der Waals surface area contributed by atoms with Gasteiger partial charge in [-0.2, -0.15) is 13.2 Å². The number of benzene rings is 1. The molecule has 1 aliphatic heterocycles. The van der Waals surface area contributed by atoms with Crippen LogP contribution in [0.2, 0.25) is 0 Å². The normalized spacial score (nSPS) is 24.8. The summed E-state index contributed by atoms with van der Waals surface area (Å²) < 4.78 is 45.1. The first kappa shape index (κ1) is 13.4. The van der Waals surface area contributed by atoms with Crippen LogP contribution in [0.4, 0.5) is 13.2 Å². The number of amides is 1. The number of halogens is 4. The number of hydrogen-bond acceptors (Lipinski definition) is 2. The molecule has 1 amide bonds. The van der Waals surface area contributed by atoms with E-state index in [1.165, 1.54) is 18.2 Å². The van der Waals surface area contributed by atoms with Gasteiger partial charge in [-0.3, -0.25) is 4.79 Å². The molecule has 0 aliphatic carbocycles. The fourth-order valence-electron chi connectivity index (χ4n) is 1.83. The predicted octanol–water partition coefficient (Wildman–Crippen LogP) is 2.35. The molecule has 18 heavy (non-hydrogen) atoms. The molecule has 0 saturated carbocycles. The van der Waals surface area contributed by atoms with Gasteiger partial charge in [0.15, 0.2) is 5.54 Å². The molecule has 1 N–H and O–H groups in total. The second-order valence-electron chi connectivity index (χ2n) is 3.95. The van der Waals surface area contributed by atoms with E-state index in [1.807, 2.05) is 5.32 Å². The minimum Gasteiger partial charge on any atom is -0.368 e. The van der Waals surface area contributed by atoms with Crippen LogP contribution in [0.5, 0.6) is 0 Å². The Morgan fingerprint density at radius 3 is 2.67 bits per heavy atom. The van der Waals surface area contributed by atoms with Crippen molar-refractivity contribution in [1.82, 2.24) is 5.32 Å². The third kappa shape index (κ3) is 2.24. The Kier molecular flexibility index (Phi) is 3.37. The second kappa shape index (κ2) is 4.55. The number of alkyl halides is 3. The van der Waals surface area contributed by atoms with Crippen molar-refractivity contribution < 1.29 is 22.7 Å². The van der Waals surface area contributed by atoms with Gasteiger partial charge in [0.05, 0.1) is 6.61 Å². The van der Waals surface area contributed by atoms with Gasteiger partial charge < -0.3 is 10.1 Å². The lowest BCUT2D eigenvalue weighted by Gasteiger charge is -2.39. The summed E-state index contributed by atoms with van der Waals surface area (Å²) in [5.41, 5.74) is -2.54. The molecule has 1 aliphatic rings. The Morgan fingerprint density at radius 1 is 1.39 bits per heavy atom. The minimum atomic E-state index is -4.64. The number of nitrogens with one attached hydrogen (secondary N) is 1. The zero-order valence-electron chi connectivity index (χ0n) is 9.05. The summed E-state index contributed by atoms with van der Waals surface area (Å²) in [5.74, 6) is -0.779. The zero-order valence-corrected chi connectivity index (χ0v) is 10.6. The van der Waals surface area contributed by atoms with Crippen LogP contribution in [0.25, 0.3) is 0 Å². The number of carbonyl (C=O) groups is 1. The second-order valence-corrected chi connectivity index (χ2v) is 4.87. The molecule has 0 bridgehead atoms. The summed E-state index contributed by atoms with van der Waals surface area (Å²) in [6.07, 6.45) is -4.64. The van der Waals surface area contributed by atoms with Crippen LogP contribution in [0, 0.1) is 0 Å². The molecule has 1 saturated heterocycles. The zero-order chi connectivity index (χ0) is 13.4. The first-order chi connectivity index (χ1) is 8.35. The highest BCUT2D eigenvalue weighted by Crippen LogP contribution is 2.41. The molecule has 3 nitrogen and oxygen atoms in total. The molecule has 1 atom stereocenters. The summed E-state index contributed by atoms with van der Waals surface area (Å²) in [4.78, 5) is 11.2. The lowest BCUT2D eigenvalue weighted by atomic mass is 9.89. The van der Waals surface area contributed by atoms with Crippen LogP contribution in [-0.4, -0.2) is 25.3 Å². The van der Waals surface area contributed by atoms with Crippen molar-refractivity contribution in [1.29, 1.82) is 0 Å². The molecule has 0 aromatic heterocycles. The Labute approximate surface area is 109 Å². The summed E-state index contributed by atoms with van der Waals surface area (Å²) in [5, 5.41) is 2.00. The first-order valence-electron chi connectivity index (χ1n) is 5.07. The molecule has 2 rings (SSSR count). The number of morpholine rings is 1. The highest BCUT2D eigenvalue weighted by atomic mass is 79.9. The number of ether oxygens (including phenoxy) is 1. The number of carbonyl (C=O) groups excluding carboxylic acids is 1. The van der Waals surface area contributed by atoms with Gasteiger partial charge in [0.1, 0.15) is 6.61 Å². The Balaban J connectivity index is 2.52. The highest BCUT2D eigenvalue weighted by Gasteiger charge is 2.58. The molecule has 1 aromatic rings. The number of rotatable bonds is 1. The van der Waals surface area contributed by atoms with E-state index >= 15 is 0 Å². The SMILES string of the molecule is O=C1COCC(c2cccc(Br)c2)(C(F)(F)F)N1. The van der Waals surface area contributed by atoms with Gasteiger partial charge in [-0.1, -0.05) is 28.1 Å². The lowest BCUT2D eigenvalue weighted by molar-refractivity contribution is -0.226. The van der Waals surface area contributed by atoms with Crippen molar-refractivity contribution >= 4 is 21.8 Å². The van der Waals surface area contributed by atoms with E-state index in [-0.39, 0.29) is 12.2 Å². The molecule has 1 fully saturated rings. The topological polar surface area (TPSA) is 38.3 Å². The van der Waals surface area contributed by atoms with Crippen LogP contribution in [0.1, 0.15) is 5.56 Å². The molecular formula is C11H9BrF3NO2. The fraction of sp³-hybridized carbons (Fsp3) is 0.364. The van der Waals surface area contributed by atoms with E-state index in [0.717, 1.165) is 0 Å². The van der Waals surface area contributed by atoms with E-state index < -0.39 is 24.2 Å². The molecular weight excluding hydrogens is 315 g/mol. The Bertz CT molecular complexity index is 478. The van der Waals surface area contributed by atoms with Crippen molar-refractivity contribution in [3.63, 3.8) is 0 Å². The van der Waals surface area contributed by atoms with Crippen molar-refractivity contribution in [2.45, 2.75) is 11.7 Å². The molecule has 98 valence electrons. The van der Waals surface area contributed by atoms with Crippen LogP contribution in [-0.2, 0) is 15.1 Å². The van der Waals surface area contributed by atoms with Gasteiger partial charge in [-0.15, -0.1) is 0 Å². The largest absolute Gasteiger partial charge is 0.418 e. The third-order valence-corrected chi connectivity index (χ3v) is 3.20. The van der Waals surface area contributed by atoms with Gasteiger partial charge in [0.25, 0.3) is 0 Å². The summed E-state index contributed by atoms with van der Waals surface area (Å²) in [6, 6.07) is 5.72. The average molecular weight is 324 g/mol. The van der Waals surface area contributed by atoms with Crippen LogP contribution in [0.3, 0.4) is 0 Å². The fourth-order valence-corrected chi connectivity index (χ4v) is 2.23. The molecule has 1 heterocycles. The molecule has 1 aromatic carbocycles. The van der Waals surface area contributed by atoms with E-state index in [4.69, 9.17) is 4.74 Å². The van der Waals surface area contributed by atoms with E-state index in [9.17, 15) is 18.0 Å². The van der Waals surface area contributed by atoms with Crippen molar-refractivity contribution in [3.8, 4) is 0 Å². The third-order valence-electron chi connectivity index (χ3n) is 2.71. The van der Waals surface area contributed by atoms with Gasteiger partial charge in [-0.25, -0.2) is 0 Å². The van der Waals surface area contributed by atoms with Gasteiger partial charge >= 0.3 is 6.18 Å². The van der Waals surface area contributed by atoms with Crippen LogP contribution < -0.4 is 5.32 Å². The van der Waals surface area contributed by atoms with Gasteiger partial charge in [0, 0.05) is 4.47 Å². The first-order valence-corrected chi connectivity index (χ1v) is 5.86. The van der Waals surface area contributed by atoms with Gasteiger partial charge in [0.2, 0.25) is 5.91 Å². The van der Waals surface area contributed by atoms with Gasteiger partial charge in [-0.05, 0) is 17.7 Å². The molecule has 0 radical (unpaired) electrons. The number of hydrogen-bond donors (Lipinski definition) is 1. The van der Waals surface area contributed by atoms with E-state index in [2.05, 4.69) is 15.9 Å². The smallest absolute Gasteiger partial charge is 0.368 e. The van der Waals surface area contributed by atoms with Crippen molar-refractivity contribution in [2.75, 3.05) is 13.2 Å². The maximum Gasteiger partial charge on any atom is 0.418 e. The van der Waals surface area contributed by atoms with E-state index in [1.54, 1.807) is 6.07 Å². The summed E-state index contributed by atoms with van der Waals surface area (Å²) in [7, 11) is 0. The Morgan fingerprint density at radius 2 is 2.11 bits per heavy atom.